The second kappa shape index (κ2) is 10.2. The van der Waals surface area contributed by atoms with E-state index in [1.54, 1.807) is 6.07 Å². The standard InChI is InChI=1S/C29H30F2N8O/c30-21-3-1-2-17(26(21)31)15-24-35-22-9-4-18(14-23(22)36-24)27-25-28(32)33-16-34-29(25)39(37-27)20-7-5-19(6-8-20)38-10-12-40-13-11-38/h1-4,9,14,16,19-20H,5-8,10-13,15H2,(H,35,36)(H2,32,33,34). The number of H-pyrrole nitrogens is 1. The van der Waals surface area contributed by atoms with E-state index in [1.165, 1.54) is 12.4 Å². The number of ether oxygens (including phenoxy) is 1. The number of benzene rings is 2. The molecule has 0 radical (unpaired) electrons. The van der Waals surface area contributed by atoms with Crippen LogP contribution >= 0.6 is 0 Å². The highest BCUT2D eigenvalue weighted by Gasteiger charge is 2.30. The molecular formula is C29H30F2N8O. The van der Waals surface area contributed by atoms with Gasteiger partial charge in [-0.15, -0.1) is 0 Å². The molecule has 206 valence electrons. The number of morpholine rings is 1. The van der Waals surface area contributed by atoms with Crippen molar-refractivity contribution in [1.82, 2.24) is 34.6 Å². The van der Waals surface area contributed by atoms with Gasteiger partial charge in [-0.3, -0.25) is 4.90 Å². The number of fused-ring (bicyclic) bond motifs is 2. The molecule has 0 atom stereocenters. The van der Waals surface area contributed by atoms with Crippen LogP contribution in [0, 0.1) is 11.6 Å². The SMILES string of the molecule is Nc1ncnc2c1c(-c1ccc3nc(Cc4cccc(F)c4F)[nH]c3c1)nn2C1CCC(N2CCOCC2)CC1. The Morgan fingerprint density at radius 1 is 1.00 bits per heavy atom. The number of hydrogen-bond acceptors (Lipinski definition) is 7. The largest absolute Gasteiger partial charge is 0.383 e. The first-order valence-corrected chi connectivity index (χ1v) is 13.8. The molecule has 40 heavy (non-hydrogen) atoms. The second-order valence-corrected chi connectivity index (χ2v) is 10.7. The first-order chi connectivity index (χ1) is 19.5. The number of rotatable bonds is 5. The fraction of sp³-hybridized carbons (Fsp3) is 0.379. The van der Waals surface area contributed by atoms with E-state index < -0.39 is 11.6 Å². The molecule has 0 bridgehead atoms. The third-order valence-electron chi connectivity index (χ3n) is 8.29. The summed E-state index contributed by atoms with van der Waals surface area (Å²) in [6, 6.07) is 10.8. The lowest BCUT2D eigenvalue weighted by atomic mass is 9.90. The minimum Gasteiger partial charge on any atom is -0.383 e. The molecule has 5 aromatic rings. The molecule has 0 unspecified atom stereocenters. The van der Waals surface area contributed by atoms with E-state index >= 15 is 0 Å². The molecule has 3 aromatic heterocycles. The third kappa shape index (κ3) is 4.48. The average molecular weight is 545 g/mol. The molecule has 2 aromatic carbocycles. The number of aromatic nitrogens is 6. The first kappa shape index (κ1) is 25.0. The molecule has 1 aliphatic heterocycles. The smallest absolute Gasteiger partial charge is 0.164 e. The van der Waals surface area contributed by atoms with E-state index in [1.807, 2.05) is 22.9 Å². The summed E-state index contributed by atoms with van der Waals surface area (Å²) in [5.74, 6) is -0.782. The second-order valence-electron chi connectivity index (χ2n) is 10.7. The Labute approximate surface area is 229 Å². The quantitative estimate of drug-likeness (QED) is 0.332. The Balaban J connectivity index is 1.19. The van der Waals surface area contributed by atoms with Gasteiger partial charge in [0.25, 0.3) is 0 Å². The van der Waals surface area contributed by atoms with E-state index in [2.05, 4.69) is 24.8 Å². The normalized spacial score (nSPS) is 20.4. The van der Waals surface area contributed by atoms with Crippen LogP contribution in [0.1, 0.15) is 43.1 Å². The molecule has 4 heterocycles. The van der Waals surface area contributed by atoms with Crippen molar-refractivity contribution in [1.29, 1.82) is 0 Å². The topological polar surface area (TPSA) is 111 Å². The fourth-order valence-electron chi connectivity index (χ4n) is 6.22. The highest BCUT2D eigenvalue weighted by molar-refractivity contribution is 5.99. The zero-order valence-corrected chi connectivity index (χ0v) is 22.0. The van der Waals surface area contributed by atoms with E-state index in [0.717, 1.165) is 91.4 Å². The summed E-state index contributed by atoms with van der Waals surface area (Å²) in [6.07, 6.45) is 5.89. The summed E-state index contributed by atoms with van der Waals surface area (Å²) in [6.45, 7) is 3.63. The minimum absolute atomic E-state index is 0.152. The van der Waals surface area contributed by atoms with Crippen LogP contribution < -0.4 is 5.73 Å². The van der Waals surface area contributed by atoms with Crippen molar-refractivity contribution in [3.05, 3.63) is 65.7 Å². The van der Waals surface area contributed by atoms with Crippen molar-refractivity contribution in [2.75, 3.05) is 32.0 Å². The molecule has 9 nitrogen and oxygen atoms in total. The van der Waals surface area contributed by atoms with Crippen molar-refractivity contribution >= 4 is 27.9 Å². The number of nitrogens with zero attached hydrogens (tertiary/aromatic N) is 6. The summed E-state index contributed by atoms with van der Waals surface area (Å²) in [4.78, 5) is 19.3. The van der Waals surface area contributed by atoms with Gasteiger partial charge in [-0.1, -0.05) is 18.2 Å². The number of anilines is 1. The van der Waals surface area contributed by atoms with Crippen molar-refractivity contribution in [3.8, 4) is 11.3 Å². The number of nitrogens with two attached hydrogens (primary N) is 1. The third-order valence-corrected chi connectivity index (χ3v) is 8.29. The predicted octanol–water partition coefficient (Wildman–Crippen LogP) is 4.64. The van der Waals surface area contributed by atoms with Crippen molar-refractivity contribution < 1.29 is 13.5 Å². The lowest BCUT2D eigenvalue weighted by molar-refractivity contribution is 0.00520. The number of aromatic amines is 1. The van der Waals surface area contributed by atoms with Crippen LogP contribution in [0.3, 0.4) is 0 Å². The van der Waals surface area contributed by atoms with E-state index in [-0.39, 0.29) is 18.0 Å². The highest BCUT2D eigenvalue weighted by Crippen LogP contribution is 2.37. The van der Waals surface area contributed by atoms with Crippen LogP contribution in [0.25, 0.3) is 33.3 Å². The summed E-state index contributed by atoms with van der Waals surface area (Å²) in [5.41, 5.74) is 10.4. The van der Waals surface area contributed by atoms with Gasteiger partial charge in [0, 0.05) is 31.1 Å². The van der Waals surface area contributed by atoms with Crippen molar-refractivity contribution in [3.63, 3.8) is 0 Å². The van der Waals surface area contributed by atoms with Gasteiger partial charge in [-0.2, -0.15) is 5.10 Å². The van der Waals surface area contributed by atoms with Gasteiger partial charge in [0.15, 0.2) is 17.3 Å². The molecule has 2 fully saturated rings. The first-order valence-electron chi connectivity index (χ1n) is 13.8. The van der Waals surface area contributed by atoms with E-state index in [0.29, 0.717) is 17.7 Å². The summed E-state index contributed by atoms with van der Waals surface area (Å²) in [5, 5.41) is 5.79. The number of nitrogens with one attached hydrogen (secondary N) is 1. The van der Waals surface area contributed by atoms with Gasteiger partial charge in [-0.25, -0.2) is 28.4 Å². The molecule has 1 saturated carbocycles. The van der Waals surface area contributed by atoms with E-state index in [9.17, 15) is 8.78 Å². The average Bonchev–Trinajstić information content (AvgIpc) is 3.58. The maximum Gasteiger partial charge on any atom is 0.164 e. The Morgan fingerprint density at radius 3 is 2.62 bits per heavy atom. The summed E-state index contributed by atoms with van der Waals surface area (Å²) >= 11 is 0. The highest BCUT2D eigenvalue weighted by atomic mass is 19.2. The maximum atomic E-state index is 14.2. The van der Waals surface area contributed by atoms with Crippen LogP contribution in [-0.4, -0.2) is 67.0 Å². The molecular weight excluding hydrogens is 514 g/mol. The van der Waals surface area contributed by atoms with Crippen LogP contribution in [0.2, 0.25) is 0 Å². The molecule has 11 heteroatoms. The Hall–Kier alpha value is -3.96. The molecule has 3 N–H and O–H groups in total. The van der Waals surface area contributed by atoms with Gasteiger partial charge in [0.2, 0.25) is 0 Å². The lowest BCUT2D eigenvalue weighted by Crippen LogP contribution is -2.45. The van der Waals surface area contributed by atoms with Gasteiger partial charge >= 0.3 is 0 Å². The van der Waals surface area contributed by atoms with Crippen LogP contribution in [0.4, 0.5) is 14.6 Å². The zero-order valence-electron chi connectivity index (χ0n) is 22.0. The van der Waals surface area contributed by atoms with Crippen molar-refractivity contribution in [2.45, 2.75) is 44.2 Å². The summed E-state index contributed by atoms with van der Waals surface area (Å²) < 4.78 is 35.5. The van der Waals surface area contributed by atoms with E-state index in [4.69, 9.17) is 15.6 Å². The monoisotopic (exact) mass is 544 g/mol. The maximum absolute atomic E-state index is 14.2. The van der Waals surface area contributed by atoms with Crippen LogP contribution in [0.5, 0.6) is 0 Å². The predicted molar refractivity (Wildman–Crippen MR) is 148 cm³/mol. The number of halogens is 2. The Morgan fingerprint density at radius 2 is 1.80 bits per heavy atom. The van der Waals surface area contributed by atoms with Gasteiger partial charge in [0.05, 0.1) is 35.7 Å². The van der Waals surface area contributed by atoms with Gasteiger partial charge in [-0.05, 0) is 49.4 Å². The molecule has 0 amide bonds. The zero-order chi connectivity index (χ0) is 27.2. The number of nitrogen functional groups attached to an aromatic ring is 1. The lowest BCUT2D eigenvalue weighted by Gasteiger charge is -2.38. The molecule has 0 spiro atoms. The minimum atomic E-state index is -0.868. The van der Waals surface area contributed by atoms with Gasteiger partial charge in [0.1, 0.15) is 23.7 Å². The molecule has 7 rings (SSSR count). The fourth-order valence-corrected chi connectivity index (χ4v) is 6.22. The molecule has 2 aliphatic rings. The molecule has 1 saturated heterocycles. The van der Waals surface area contributed by atoms with Gasteiger partial charge < -0.3 is 15.5 Å². The Kier molecular flexibility index (Phi) is 6.39. The molecule has 1 aliphatic carbocycles. The summed E-state index contributed by atoms with van der Waals surface area (Å²) in [7, 11) is 0. The number of imidazole rings is 1. The Bertz CT molecular complexity index is 1680. The van der Waals surface area contributed by atoms with Crippen LogP contribution in [-0.2, 0) is 11.2 Å². The van der Waals surface area contributed by atoms with Crippen LogP contribution in [0.15, 0.2) is 42.7 Å². The van der Waals surface area contributed by atoms with Crippen molar-refractivity contribution in [2.24, 2.45) is 0 Å². The number of hydrogen-bond donors (Lipinski definition) is 2.